The van der Waals surface area contributed by atoms with Gasteiger partial charge in [-0.1, -0.05) is 31.2 Å². The van der Waals surface area contributed by atoms with E-state index >= 15 is 0 Å². The first-order valence-electron chi connectivity index (χ1n) is 8.32. The van der Waals surface area contributed by atoms with Gasteiger partial charge in [-0.25, -0.2) is 0 Å². The average molecular weight is 287 g/mol. The van der Waals surface area contributed by atoms with Crippen LogP contribution in [0.1, 0.15) is 49.3 Å². The van der Waals surface area contributed by atoms with Crippen molar-refractivity contribution in [1.29, 1.82) is 0 Å². The Morgan fingerprint density at radius 3 is 2.33 bits per heavy atom. The van der Waals surface area contributed by atoms with E-state index in [0.717, 1.165) is 6.04 Å². The molecular formula is C18H29N3. The largest absolute Gasteiger partial charge is 0.323 e. The first-order chi connectivity index (χ1) is 10.1. The lowest BCUT2D eigenvalue weighted by Crippen LogP contribution is -2.51. The van der Waals surface area contributed by atoms with E-state index in [-0.39, 0.29) is 6.04 Å². The lowest BCUT2D eigenvalue weighted by molar-refractivity contribution is 0.0842. The van der Waals surface area contributed by atoms with Crippen LogP contribution in [0.25, 0.3) is 0 Å². The summed E-state index contributed by atoms with van der Waals surface area (Å²) in [6.45, 7) is 4.73. The molecule has 0 spiro atoms. The SMILES string of the molecule is CC1CC(N2CCC(N(C)C)CC2)C(N)c2ccccc21. The molecule has 21 heavy (non-hydrogen) atoms. The molecule has 3 nitrogen and oxygen atoms in total. The van der Waals surface area contributed by atoms with Gasteiger partial charge in [-0.2, -0.15) is 0 Å². The highest BCUT2D eigenvalue weighted by Gasteiger charge is 2.36. The van der Waals surface area contributed by atoms with Crippen LogP contribution in [0, 0.1) is 0 Å². The Hall–Kier alpha value is -0.900. The normalized spacial score (nSPS) is 31.4. The van der Waals surface area contributed by atoms with Gasteiger partial charge in [-0.3, -0.25) is 4.90 Å². The molecule has 0 radical (unpaired) electrons. The van der Waals surface area contributed by atoms with Gasteiger partial charge in [0, 0.05) is 18.1 Å². The Kier molecular flexibility index (Phi) is 4.34. The fraction of sp³-hybridized carbons (Fsp3) is 0.667. The van der Waals surface area contributed by atoms with Crippen molar-refractivity contribution in [2.75, 3.05) is 27.2 Å². The van der Waals surface area contributed by atoms with Crippen LogP contribution in [0.15, 0.2) is 24.3 Å². The van der Waals surface area contributed by atoms with Crippen LogP contribution >= 0.6 is 0 Å². The van der Waals surface area contributed by atoms with Crippen molar-refractivity contribution in [2.24, 2.45) is 5.73 Å². The molecule has 1 aliphatic heterocycles. The molecule has 1 saturated heterocycles. The van der Waals surface area contributed by atoms with E-state index in [1.165, 1.54) is 43.5 Å². The number of fused-ring (bicyclic) bond motifs is 1. The van der Waals surface area contributed by atoms with Crippen molar-refractivity contribution in [3.63, 3.8) is 0 Å². The summed E-state index contributed by atoms with van der Waals surface area (Å²) in [5.74, 6) is 0.623. The first-order valence-corrected chi connectivity index (χ1v) is 8.32. The van der Waals surface area contributed by atoms with E-state index < -0.39 is 0 Å². The summed E-state index contributed by atoms with van der Waals surface area (Å²) in [7, 11) is 4.40. The van der Waals surface area contributed by atoms with Gasteiger partial charge in [0.15, 0.2) is 0 Å². The Bertz CT molecular complexity index is 477. The molecule has 1 aromatic rings. The smallest absolute Gasteiger partial charge is 0.0456 e. The summed E-state index contributed by atoms with van der Waals surface area (Å²) in [6, 6.07) is 10.2. The van der Waals surface area contributed by atoms with Crippen molar-refractivity contribution in [2.45, 2.75) is 50.2 Å². The fourth-order valence-corrected chi connectivity index (χ4v) is 4.22. The molecule has 0 amide bonds. The highest BCUT2D eigenvalue weighted by Crippen LogP contribution is 2.39. The van der Waals surface area contributed by atoms with Gasteiger partial charge in [-0.05, 0) is 63.5 Å². The minimum absolute atomic E-state index is 0.174. The van der Waals surface area contributed by atoms with E-state index in [1.54, 1.807) is 0 Å². The second-order valence-corrected chi connectivity index (χ2v) is 7.09. The van der Waals surface area contributed by atoms with Gasteiger partial charge in [0.1, 0.15) is 0 Å². The van der Waals surface area contributed by atoms with E-state index in [2.05, 4.69) is 55.1 Å². The summed E-state index contributed by atoms with van der Waals surface area (Å²) in [5, 5.41) is 0. The number of hydrogen-bond donors (Lipinski definition) is 1. The molecule has 0 saturated carbocycles. The number of hydrogen-bond acceptors (Lipinski definition) is 3. The first kappa shape index (κ1) is 15.0. The number of piperidine rings is 1. The maximum atomic E-state index is 6.63. The monoisotopic (exact) mass is 287 g/mol. The Morgan fingerprint density at radius 1 is 1.10 bits per heavy atom. The molecule has 116 valence electrons. The number of nitrogens with two attached hydrogens (primary N) is 1. The molecule has 0 bridgehead atoms. The van der Waals surface area contributed by atoms with Gasteiger partial charge >= 0.3 is 0 Å². The molecular weight excluding hydrogens is 258 g/mol. The molecule has 3 rings (SSSR count). The molecule has 1 aromatic carbocycles. The third-order valence-electron chi connectivity index (χ3n) is 5.59. The molecule has 1 heterocycles. The molecule has 3 heteroatoms. The van der Waals surface area contributed by atoms with Crippen molar-refractivity contribution < 1.29 is 0 Å². The van der Waals surface area contributed by atoms with Crippen LogP contribution in [0.5, 0.6) is 0 Å². The van der Waals surface area contributed by atoms with Gasteiger partial charge < -0.3 is 10.6 Å². The Labute approximate surface area is 129 Å². The number of nitrogens with zero attached hydrogens (tertiary/aromatic N) is 2. The maximum Gasteiger partial charge on any atom is 0.0456 e. The lowest BCUT2D eigenvalue weighted by atomic mass is 9.77. The van der Waals surface area contributed by atoms with Crippen LogP contribution in [-0.2, 0) is 0 Å². The molecule has 0 aromatic heterocycles. The molecule has 2 aliphatic rings. The van der Waals surface area contributed by atoms with Gasteiger partial charge in [-0.15, -0.1) is 0 Å². The Morgan fingerprint density at radius 2 is 1.71 bits per heavy atom. The predicted octanol–water partition coefficient (Wildman–Crippen LogP) is 2.59. The molecule has 2 N–H and O–H groups in total. The van der Waals surface area contributed by atoms with Gasteiger partial charge in [0.25, 0.3) is 0 Å². The standard InChI is InChI=1S/C18H29N3/c1-13-12-17(18(19)16-7-5-4-6-15(13)16)21-10-8-14(9-11-21)20(2)3/h4-7,13-14,17-18H,8-12,19H2,1-3H3. The third kappa shape index (κ3) is 2.87. The molecule has 3 atom stereocenters. The number of benzene rings is 1. The van der Waals surface area contributed by atoms with Gasteiger partial charge in [0.05, 0.1) is 0 Å². The quantitative estimate of drug-likeness (QED) is 0.907. The minimum atomic E-state index is 0.174. The molecule has 3 unspecified atom stereocenters. The zero-order valence-electron chi connectivity index (χ0n) is 13.6. The highest BCUT2D eigenvalue weighted by molar-refractivity contribution is 5.36. The summed E-state index contributed by atoms with van der Waals surface area (Å²) in [4.78, 5) is 5.02. The van der Waals surface area contributed by atoms with Crippen molar-refractivity contribution in [3.05, 3.63) is 35.4 Å². The maximum absolute atomic E-state index is 6.63. The van der Waals surface area contributed by atoms with Gasteiger partial charge in [0.2, 0.25) is 0 Å². The van der Waals surface area contributed by atoms with E-state index in [9.17, 15) is 0 Å². The second kappa shape index (κ2) is 6.07. The second-order valence-electron chi connectivity index (χ2n) is 7.09. The van der Waals surface area contributed by atoms with Crippen molar-refractivity contribution in [1.82, 2.24) is 9.80 Å². The lowest BCUT2D eigenvalue weighted by Gasteiger charge is -2.45. The van der Waals surface area contributed by atoms with E-state index in [4.69, 9.17) is 5.73 Å². The minimum Gasteiger partial charge on any atom is -0.323 e. The molecule has 1 fully saturated rings. The average Bonchev–Trinajstić information content (AvgIpc) is 2.51. The van der Waals surface area contributed by atoms with Crippen LogP contribution in [0.4, 0.5) is 0 Å². The number of rotatable bonds is 2. The number of likely N-dealkylation sites (tertiary alicyclic amines) is 1. The third-order valence-corrected chi connectivity index (χ3v) is 5.59. The zero-order valence-corrected chi connectivity index (χ0v) is 13.6. The zero-order chi connectivity index (χ0) is 15.0. The van der Waals surface area contributed by atoms with E-state index in [1.807, 2.05) is 0 Å². The Balaban J connectivity index is 1.73. The summed E-state index contributed by atoms with van der Waals surface area (Å²) >= 11 is 0. The van der Waals surface area contributed by atoms with Crippen LogP contribution < -0.4 is 5.73 Å². The fourth-order valence-electron chi connectivity index (χ4n) is 4.22. The topological polar surface area (TPSA) is 32.5 Å². The van der Waals surface area contributed by atoms with Crippen LogP contribution in [0.3, 0.4) is 0 Å². The molecule has 1 aliphatic carbocycles. The highest BCUT2D eigenvalue weighted by atomic mass is 15.2. The van der Waals surface area contributed by atoms with Crippen LogP contribution in [-0.4, -0.2) is 49.1 Å². The summed E-state index contributed by atoms with van der Waals surface area (Å²) in [6.07, 6.45) is 3.74. The van der Waals surface area contributed by atoms with Crippen molar-refractivity contribution >= 4 is 0 Å². The summed E-state index contributed by atoms with van der Waals surface area (Å²) < 4.78 is 0. The summed E-state index contributed by atoms with van der Waals surface area (Å²) in [5.41, 5.74) is 9.46. The van der Waals surface area contributed by atoms with Crippen molar-refractivity contribution in [3.8, 4) is 0 Å². The van der Waals surface area contributed by atoms with Crippen LogP contribution in [0.2, 0.25) is 0 Å². The van der Waals surface area contributed by atoms with E-state index in [0.29, 0.717) is 12.0 Å². The predicted molar refractivity (Wildman–Crippen MR) is 88.5 cm³/mol.